The molecule has 2 rings (SSSR count). The number of methoxy groups -OCH3 is 1. The molecule has 134 valence electrons. The third-order valence-corrected chi connectivity index (χ3v) is 6.25. The van der Waals surface area contributed by atoms with Gasteiger partial charge < -0.3 is 14.5 Å². The quantitative estimate of drug-likeness (QED) is 0.757. The Labute approximate surface area is 148 Å². The van der Waals surface area contributed by atoms with E-state index in [1.54, 1.807) is 4.90 Å². The van der Waals surface area contributed by atoms with E-state index >= 15 is 0 Å². The minimum absolute atomic E-state index is 0.0158. The van der Waals surface area contributed by atoms with Crippen LogP contribution in [0.15, 0.2) is 23.1 Å². The van der Waals surface area contributed by atoms with Gasteiger partial charge in [-0.1, -0.05) is 18.5 Å². The first-order chi connectivity index (χ1) is 11.4. The third kappa shape index (κ3) is 4.62. The van der Waals surface area contributed by atoms with Gasteiger partial charge in [0.05, 0.1) is 22.8 Å². The van der Waals surface area contributed by atoms with Crippen molar-refractivity contribution in [3.05, 3.63) is 23.2 Å². The maximum Gasteiger partial charge on any atom is 0.223 e. The Kier molecular flexibility index (Phi) is 6.48. The van der Waals surface area contributed by atoms with Crippen LogP contribution in [0.5, 0.6) is 5.75 Å². The Bertz CT molecular complexity index is 685. The van der Waals surface area contributed by atoms with Gasteiger partial charge in [-0.15, -0.1) is 0 Å². The summed E-state index contributed by atoms with van der Waals surface area (Å²) in [7, 11) is -2.09. The molecule has 1 aliphatic rings. The van der Waals surface area contributed by atoms with Crippen LogP contribution < -0.4 is 4.74 Å². The molecular weight excluding hydrogens is 352 g/mol. The van der Waals surface area contributed by atoms with Crippen LogP contribution >= 0.6 is 11.6 Å². The number of hydrogen-bond donors (Lipinski definition) is 0. The molecule has 0 N–H and O–H groups in total. The van der Waals surface area contributed by atoms with Crippen molar-refractivity contribution in [1.29, 1.82) is 0 Å². The van der Waals surface area contributed by atoms with Crippen molar-refractivity contribution < 1.29 is 17.9 Å². The number of piperazine rings is 1. The Balaban J connectivity index is 1.95. The molecule has 0 bridgehead atoms. The molecule has 1 aromatic rings. The molecule has 1 saturated heterocycles. The second-order valence-electron chi connectivity index (χ2n) is 5.68. The molecule has 0 unspecified atom stereocenters. The smallest absolute Gasteiger partial charge is 0.223 e. The van der Waals surface area contributed by atoms with Gasteiger partial charge in [0.1, 0.15) is 5.75 Å². The highest BCUT2D eigenvalue weighted by molar-refractivity contribution is 7.91. The number of amides is 1. The number of carbonyl (C=O) groups excluding carboxylic acids is 1. The zero-order valence-electron chi connectivity index (χ0n) is 14.0. The van der Waals surface area contributed by atoms with Gasteiger partial charge in [-0.2, -0.15) is 0 Å². The number of benzene rings is 1. The first kappa shape index (κ1) is 19.0. The summed E-state index contributed by atoms with van der Waals surface area (Å²) in [5, 5.41) is 0.237. The summed E-state index contributed by atoms with van der Waals surface area (Å²) in [5.74, 6) is 0.0806. The number of halogens is 1. The molecule has 8 heteroatoms. The fourth-order valence-electron chi connectivity index (χ4n) is 2.65. The Morgan fingerprint density at radius 3 is 2.46 bits per heavy atom. The van der Waals surface area contributed by atoms with E-state index in [0.717, 1.165) is 19.6 Å². The van der Waals surface area contributed by atoms with Crippen LogP contribution in [-0.2, 0) is 14.6 Å². The van der Waals surface area contributed by atoms with Crippen LogP contribution in [0.25, 0.3) is 0 Å². The monoisotopic (exact) mass is 374 g/mol. The lowest BCUT2D eigenvalue weighted by atomic mass is 10.3. The van der Waals surface area contributed by atoms with Gasteiger partial charge in [-0.05, 0) is 24.7 Å². The summed E-state index contributed by atoms with van der Waals surface area (Å²) >= 11 is 5.98. The van der Waals surface area contributed by atoms with Crippen molar-refractivity contribution in [2.75, 3.05) is 45.6 Å². The first-order valence-electron chi connectivity index (χ1n) is 7.94. The summed E-state index contributed by atoms with van der Waals surface area (Å²) in [6, 6.07) is 4.33. The topological polar surface area (TPSA) is 66.9 Å². The van der Waals surface area contributed by atoms with Gasteiger partial charge in [0.2, 0.25) is 5.91 Å². The van der Waals surface area contributed by atoms with Crippen molar-refractivity contribution in [1.82, 2.24) is 9.80 Å². The van der Waals surface area contributed by atoms with Crippen molar-refractivity contribution in [2.24, 2.45) is 0 Å². The molecule has 0 spiro atoms. The molecule has 0 saturated carbocycles. The number of ether oxygens (including phenoxy) is 1. The van der Waals surface area contributed by atoms with Crippen LogP contribution in [0.3, 0.4) is 0 Å². The lowest BCUT2D eigenvalue weighted by Gasteiger charge is -2.34. The molecule has 1 aromatic carbocycles. The summed E-state index contributed by atoms with van der Waals surface area (Å²) in [6.45, 7) is 6.03. The highest BCUT2D eigenvalue weighted by Crippen LogP contribution is 2.27. The molecule has 0 atom stereocenters. The van der Waals surface area contributed by atoms with Crippen molar-refractivity contribution in [2.45, 2.75) is 18.2 Å². The van der Waals surface area contributed by atoms with Gasteiger partial charge in [0, 0.05) is 32.6 Å². The predicted molar refractivity (Wildman–Crippen MR) is 93.4 cm³/mol. The summed E-state index contributed by atoms with van der Waals surface area (Å²) in [5.41, 5.74) is 0. The zero-order valence-corrected chi connectivity index (χ0v) is 15.6. The average Bonchev–Trinajstić information content (AvgIpc) is 2.59. The fourth-order valence-corrected chi connectivity index (χ4v) is 4.23. The minimum atomic E-state index is -3.55. The molecule has 1 aliphatic heterocycles. The van der Waals surface area contributed by atoms with E-state index in [2.05, 4.69) is 11.8 Å². The second kappa shape index (κ2) is 8.18. The van der Waals surface area contributed by atoms with E-state index < -0.39 is 9.84 Å². The number of hydrogen-bond acceptors (Lipinski definition) is 5. The van der Waals surface area contributed by atoms with Crippen molar-refractivity contribution in [3.63, 3.8) is 0 Å². The average molecular weight is 375 g/mol. The van der Waals surface area contributed by atoms with Gasteiger partial charge in [0.15, 0.2) is 9.84 Å². The van der Waals surface area contributed by atoms with E-state index in [0.29, 0.717) is 18.8 Å². The zero-order chi connectivity index (χ0) is 17.7. The first-order valence-corrected chi connectivity index (χ1v) is 9.97. The molecular formula is C16H23ClN2O4S. The van der Waals surface area contributed by atoms with Crippen LogP contribution in [0.2, 0.25) is 5.02 Å². The summed E-state index contributed by atoms with van der Waals surface area (Å²) < 4.78 is 29.8. The molecule has 0 radical (unpaired) electrons. The van der Waals surface area contributed by atoms with Crippen LogP contribution in [0.1, 0.15) is 13.3 Å². The third-order valence-electron chi connectivity index (χ3n) is 4.24. The maximum atomic E-state index is 12.4. The number of nitrogens with zero attached hydrogens (tertiary/aromatic N) is 2. The number of sulfone groups is 1. The highest BCUT2D eigenvalue weighted by Gasteiger charge is 2.23. The SMILES string of the molecule is CCN1CCN(C(=O)CCS(=O)(=O)c2ccc(OC)c(Cl)c2)CC1. The molecule has 0 aromatic heterocycles. The summed E-state index contributed by atoms with van der Waals surface area (Å²) in [6.07, 6.45) is -0.0158. The number of carbonyl (C=O) groups is 1. The van der Waals surface area contributed by atoms with E-state index in [1.807, 2.05) is 0 Å². The van der Waals surface area contributed by atoms with E-state index in [4.69, 9.17) is 16.3 Å². The van der Waals surface area contributed by atoms with Crippen LogP contribution in [-0.4, -0.2) is 69.7 Å². The van der Waals surface area contributed by atoms with E-state index in [9.17, 15) is 13.2 Å². The largest absolute Gasteiger partial charge is 0.495 e. The van der Waals surface area contributed by atoms with E-state index in [1.165, 1.54) is 25.3 Å². The second-order valence-corrected chi connectivity index (χ2v) is 8.20. The predicted octanol–water partition coefficient (Wildman–Crippen LogP) is 1.68. The Hall–Kier alpha value is -1.31. The van der Waals surface area contributed by atoms with Gasteiger partial charge in [0.25, 0.3) is 0 Å². The van der Waals surface area contributed by atoms with Crippen molar-refractivity contribution in [3.8, 4) is 5.75 Å². The number of likely N-dealkylation sites (N-methyl/N-ethyl adjacent to an activating group) is 1. The molecule has 0 aliphatic carbocycles. The van der Waals surface area contributed by atoms with Gasteiger partial charge >= 0.3 is 0 Å². The molecule has 1 amide bonds. The molecule has 1 fully saturated rings. The van der Waals surface area contributed by atoms with E-state index in [-0.39, 0.29) is 28.0 Å². The Morgan fingerprint density at radius 2 is 1.92 bits per heavy atom. The fraction of sp³-hybridized carbons (Fsp3) is 0.562. The maximum absolute atomic E-state index is 12.4. The lowest BCUT2D eigenvalue weighted by molar-refractivity contribution is -0.132. The number of rotatable bonds is 6. The van der Waals surface area contributed by atoms with Crippen LogP contribution in [0.4, 0.5) is 0 Å². The molecule has 6 nitrogen and oxygen atoms in total. The van der Waals surface area contributed by atoms with Gasteiger partial charge in [-0.3, -0.25) is 4.79 Å². The molecule has 24 heavy (non-hydrogen) atoms. The highest BCUT2D eigenvalue weighted by atomic mass is 35.5. The van der Waals surface area contributed by atoms with Crippen molar-refractivity contribution >= 4 is 27.3 Å². The normalized spacial score (nSPS) is 16.2. The summed E-state index contributed by atoms with van der Waals surface area (Å²) in [4.78, 5) is 16.3. The Morgan fingerprint density at radius 1 is 1.25 bits per heavy atom. The standard InChI is InChI=1S/C16H23ClN2O4S/c1-3-18-7-9-19(10-8-18)16(20)6-11-24(21,22)13-4-5-15(23-2)14(17)12-13/h4-5,12H,3,6-11H2,1-2H3. The minimum Gasteiger partial charge on any atom is -0.495 e. The van der Waals surface area contributed by atoms with Gasteiger partial charge in [-0.25, -0.2) is 8.42 Å². The lowest BCUT2D eigenvalue weighted by Crippen LogP contribution is -2.48. The molecule has 1 heterocycles. The van der Waals surface area contributed by atoms with Crippen LogP contribution in [0, 0.1) is 0 Å².